The van der Waals surface area contributed by atoms with E-state index in [0.717, 1.165) is 135 Å². The molecule has 0 saturated carbocycles. The average Bonchev–Trinajstić information content (AvgIpc) is 3.44. The Morgan fingerprint density at radius 2 is 0.500 bits per heavy atom. The highest BCUT2D eigenvalue weighted by Gasteiger charge is 2.19. The van der Waals surface area contributed by atoms with E-state index in [1.807, 2.05) is 0 Å². The lowest BCUT2D eigenvalue weighted by Crippen LogP contribution is -2.30. The summed E-state index contributed by atoms with van der Waals surface area (Å²) < 4.78 is 16.9. The van der Waals surface area contributed by atoms with Gasteiger partial charge in [-0.3, -0.25) is 14.4 Å². The third-order valence-corrected chi connectivity index (χ3v) is 13.7. The van der Waals surface area contributed by atoms with Crippen LogP contribution in [0.15, 0.2) is 122 Å². The zero-order valence-electron chi connectivity index (χ0n) is 50.9. The average molecular weight is 1080 g/mol. The highest BCUT2D eigenvalue weighted by Crippen LogP contribution is 2.15. The number of allylic oxidation sites excluding steroid dienone is 20. The van der Waals surface area contributed by atoms with Crippen LogP contribution in [0.1, 0.15) is 297 Å². The molecule has 0 radical (unpaired) electrons. The van der Waals surface area contributed by atoms with E-state index in [0.29, 0.717) is 19.3 Å². The fraction of sp³-hybridized carbons (Fsp3) is 0.681. The van der Waals surface area contributed by atoms with Gasteiger partial charge in [0.2, 0.25) is 0 Å². The van der Waals surface area contributed by atoms with Crippen molar-refractivity contribution in [2.45, 2.75) is 303 Å². The fourth-order valence-electron chi connectivity index (χ4n) is 8.80. The number of esters is 3. The van der Waals surface area contributed by atoms with Crippen molar-refractivity contribution in [3.8, 4) is 0 Å². The number of hydrogen-bond donors (Lipinski definition) is 0. The Balaban J connectivity index is 4.45. The van der Waals surface area contributed by atoms with Crippen molar-refractivity contribution in [3.63, 3.8) is 0 Å². The number of carbonyl (C=O) groups excluding carboxylic acids is 3. The summed E-state index contributed by atoms with van der Waals surface area (Å²) in [6, 6.07) is 0. The first-order valence-corrected chi connectivity index (χ1v) is 32.5. The predicted octanol–water partition coefficient (Wildman–Crippen LogP) is 22.4. The van der Waals surface area contributed by atoms with Crippen LogP contribution in [0.3, 0.4) is 0 Å². The van der Waals surface area contributed by atoms with Crippen LogP contribution in [-0.4, -0.2) is 37.2 Å². The van der Waals surface area contributed by atoms with Gasteiger partial charge in [0, 0.05) is 19.3 Å². The minimum atomic E-state index is -0.799. The van der Waals surface area contributed by atoms with E-state index in [1.54, 1.807) is 0 Å². The molecule has 6 nitrogen and oxygen atoms in total. The number of ether oxygens (including phenoxy) is 3. The lowest BCUT2D eigenvalue weighted by Gasteiger charge is -2.18. The molecule has 1 unspecified atom stereocenters. The van der Waals surface area contributed by atoms with Crippen LogP contribution in [0.2, 0.25) is 0 Å². The van der Waals surface area contributed by atoms with Crippen LogP contribution in [0, 0.1) is 0 Å². The molecule has 0 bridgehead atoms. The van der Waals surface area contributed by atoms with E-state index in [2.05, 4.69) is 142 Å². The summed E-state index contributed by atoms with van der Waals surface area (Å²) in [5.74, 6) is -0.918. The summed E-state index contributed by atoms with van der Waals surface area (Å²) in [5.41, 5.74) is 0. The first kappa shape index (κ1) is 73.8. The van der Waals surface area contributed by atoms with Gasteiger partial charge in [-0.1, -0.05) is 264 Å². The summed E-state index contributed by atoms with van der Waals surface area (Å²) in [4.78, 5) is 38.4. The zero-order chi connectivity index (χ0) is 56.4. The summed E-state index contributed by atoms with van der Waals surface area (Å²) in [6.07, 6.45) is 90.5. The molecule has 0 aliphatic heterocycles. The Morgan fingerprint density at radius 1 is 0.269 bits per heavy atom. The van der Waals surface area contributed by atoms with Gasteiger partial charge < -0.3 is 14.2 Å². The molecule has 0 fully saturated rings. The van der Waals surface area contributed by atoms with Gasteiger partial charge in [0.1, 0.15) is 13.2 Å². The molecule has 0 aliphatic rings. The van der Waals surface area contributed by atoms with E-state index in [4.69, 9.17) is 14.2 Å². The molecule has 444 valence electrons. The van der Waals surface area contributed by atoms with E-state index < -0.39 is 6.10 Å². The van der Waals surface area contributed by atoms with Crippen LogP contribution in [-0.2, 0) is 28.6 Å². The maximum absolute atomic E-state index is 12.9. The van der Waals surface area contributed by atoms with E-state index in [-0.39, 0.29) is 31.1 Å². The molecular formula is C72H120O6. The van der Waals surface area contributed by atoms with Gasteiger partial charge in [-0.25, -0.2) is 0 Å². The van der Waals surface area contributed by atoms with Crippen molar-refractivity contribution in [1.29, 1.82) is 0 Å². The monoisotopic (exact) mass is 1080 g/mol. The second-order valence-electron chi connectivity index (χ2n) is 21.3. The third kappa shape index (κ3) is 62.7. The highest BCUT2D eigenvalue weighted by atomic mass is 16.6. The Morgan fingerprint density at radius 3 is 0.808 bits per heavy atom. The molecule has 78 heavy (non-hydrogen) atoms. The number of unbranched alkanes of at least 4 members (excludes halogenated alkanes) is 27. The molecule has 0 saturated heterocycles. The molecule has 0 rings (SSSR count). The molecule has 0 N–H and O–H groups in total. The maximum atomic E-state index is 12.9. The smallest absolute Gasteiger partial charge is 0.306 e. The van der Waals surface area contributed by atoms with Crippen LogP contribution in [0.5, 0.6) is 0 Å². The molecule has 0 aromatic carbocycles. The second-order valence-corrected chi connectivity index (χ2v) is 21.3. The third-order valence-electron chi connectivity index (χ3n) is 13.7. The normalized spacial score (nSPS) is 12.9. The Bertz CT molecular complexity index is 1620. The quantitative estimate of drug-likeness (QED) is 0.0261. The predicted molar refractivity (Wildman–Crippen MR) is 339 cm³/mol. The van der Waals surface area contributed by atoms with Gasteiger partial charge in [-0.2, -0.15) is 0 Å². The largest absolute Gasteiger partial charge is 0.462 e. The molecule has 1 atom stereocenters. The minimum Gasteiger partial charge on any atom is -0.462 e. The number of hydrogen-bond acceptors (Lipinski definition) is 6. The first-order chi connectivity index (χ1) is 38.5. The van der Waals surface area contributed by atoms with E-state index in [1.165, 1.54) is 122 Å². The standard InChI is InChI=1S/C72H120O6/c1-4-7-10-13-16-19-22-25-28-31-34-35-36-37-39-41-44-47-50-53-56-59-62-65-71(74)77-68-69(67-76-70(73)64-61-58-55-52-49-46-43-40-33-30-27-24-21-18-15-12-9-6-3)78-72(75)66-63-60-57-54-51-48-45-42-38-32-29-26-23-20-17-14-11-8-5-2/h7,10,16-17,19-21,24-26,28-30,33-35,37-39,42,69H,4-6,8-9,11-15,18,22-23,27,31-32,36,40-41,43-68H2,1-3H3/b10-7-,19-16-,20-17-,24-21-,28-25-,29-26-,33-30-,35-34-,39-37-,42-38-. The van der Waals surface area contributed by atoms with E-state index >= 15 is 0 Å². The van der Waals surface area contributed by atoms with E-state index in [9.17, 15) is 14.4 Å². The van der Waals surface area contributed by atoms with Crippen molar-refractivity contribution < 1.29 is 28.6 Å². The van der Waals surface area contributed by atoms with Crippen molar-refractivity contribution in [3.05, 3.63) is 122 Å². The summed E-state index contributed by atoms with van der Waals surface area (Å²) in [6.45, 7) is 6.47. The second kappa shape index (κ2) is 65.3. The van der Waals surface area contributed by atoms with Crippen molar-refractivity contribution >= 4 is 17.9 Å². The Kier molecular flexibility index (Phi) is 61.8. The first-order valence-electron chi connectivity index (χ1n) is 32.5. The number of rotatable bonds is 58. The summed E-state index contributed by atoms with van der Waals surface area (Å²) in [5, 5.41) is 0. The lowest BCUT2D eigenvalue weighted by molar-refractivity contribution is -0.167. The highest BCUT2D eigenvalue weighted by molar-refractivity contribution is 5.71. The SMILES string of the molecule is CC/C=C\C/C=C\C/C=C\C/C=C\C/C=C\CCCCCCCCCC(=O)OCC(COC(=O)CCCCCCCCC/C=C\C/C=C\CCCCCC)OC(=O)CCCCCCCC/C=C\C/C=C\C/C=C\CCCCC. The Labute approximate surface area is 482 Å². The van der Waals surface area contributed by atoms with Crippen LogP contribution < -0.4 is 0 Å². The van der Waals surface area contributed by atoms with Crippen LogP contribution >= 0.6 is 0 Å². The fourth-order valence-corrected chi connectivity index (χ4v) is 8.80. The van der Waals surface area contributed by atoms with Crippen molar-refractivity contribution in [2.75, 3.05) is 13.2 Å². The molecule has 0 aromatic heterocycles. The van der Waals surface area contributed by atoms with Gasteiger partial charge in [0.25, 0.3) is 0 Å². The Hall–Kier alpha value is -4.19. The number of carbonyl (C=O) groups is 3. The molecule has 0 heterocycles. The lowest BCUT2D eigenvalue weighted by atomic mass is 10.1. The zero-order valence-corrected chi connectivity index (χ0v) is 50.9. The molecule has 0 aliphatic carbocycles. The minimum absolute atomic E-state index is 0.0933. The molecule has 0 amide bonds. The van der Waals surface area contributed by atoms with Gasteiger partial charge in [-0.05, 0) is 135 Å². The van der Waals surface area contributed by atoms with Crippen LogP contribution in [0.25, 0.3) is 0 Å². The molecular weight excluding hydrogens is 961 g/mol. The van der Waals surface area contributed by atoms with Crippen molar-refractivity contribution in [2.24, 2.45) is 0 Å². The summed E-state index contributed by atoms with van der Waals surface area (Å²) >= 11 is 0. The van der Waals surface area contributed by atoms with Crippen LogP contribution in [0.4, 0.5) is 0 Å². The molecule has 0 aromatic rings. The van der Waals surface area contributed by atoms with Gasteiger partial charge in [0.15, 0.2) is 6.10 Å². The topological polar surface area (TPSA) is 78.9 Å². The van der Waals surface area contributed by atoms with Gasteiger partial charge in [0.05, 0.1) is 0 Å². The molecule has 0 spiro atoms. The van der Waals surface area contributed by atoms with Crippen molar-refractivity contribution in [1.82, 2.24) is 0 Å². The molecule has 6 heteroatoms. The van der Waals surface area contributed by atoms with Gasteiger partial charge in [-0.15, -0.1) is 0 Å². The van der Waals surface area contributed by atoms with Gasteiger partial charge >= 0.3 is 17.9 Å². The maximum Gasteiger partial charge on any atom is 0.306 e. The summed E-state index contributed by atoms with van der Waals surface area (Å²) in [7, 11) is 0.